The highest BCUT2D eigenvalue weighted by atomic mass is 15.3. The first-order chi connectivity index (χ1) is 29.2. The Morgan fingerprint density at radius 3 is 1.86 bits per heavy atom. The highest BCUT2D eigenvalue weighted by molar-refractivity contribution is 6.22. The molecule has 0 saturated heterocycles. The summed E-state index contributed by atoms with van der Waals surface area (Å²) < 4.78 is 0. The van der Waals surface area contributed by atoms with E-state index in [4.69, 9.17) is 4.99 Å². The van der Waals surface area contributed by atoms with E-state index in [2.05, 4.69) is 221 Å². The molecular weight excluding hydrogens is 719 g/mol. The second-order valence-electron chi connectivity index (χ2n) is 15.3. The van der Waals surface area contributed by atoms with Crippen LogP contribution in [0.3, 0.4) is 0 Å². The molecule has 0 saturated carbocycles. The minimum atomic E-state index is -0.0793. The van der Waals surface area contributed by atoms with E-state index in [1.165, 1.54) is 55.2 Å². The number of nitrogens with one attached hydrogen (secondary N) is 3. The van der Waals surface area contributed by atoms with Crippen molar-refractivity contribution in [3.8, 4) is 22.3 Å². The first kappa shape index (κ1) is 34.6. The molecule has 3 heterocycles. The average molecular weight is 760 g/mol. The smallest absolute Gasteiger partial charge is 0.134 e. The Bertz CT molecular complexity index is 2980. The maximum Gasteiger partial charge on any atom is 0.134 e. The third-order valence-electron chi connectivity index (χ3n) is 11.8. The molecule has 2 unspecified atom stereocenters. The Morgan fingerprint density at radius 1 is 0.508 bits per heavy atom. The minimum Gasteiger partial charge on any atom is -0.387 e. The van der Waals surface area contributed by atoms with Crippen LogP contribution in [-0.2, 0) is 0 Å². The number of anilines is 3. The third-order valence-corrected chi connectivity index (χ3v) is 11.8. The van der Waals surface area contributed by atoms with E-state index < -0.39 is 0 Å². The molecule has 282 valence electrons. The van der Waals surface area contributed by atoms with Crippen LogP contribution < -0.4 is 20.9 Å². The van der Waals surface area contributed by atoms with Gasteiger partial charge >= 0.3 is 0 Å². The fraction of sp³-hybridized carbons (Fsp3) is 0.0556. The number of amidine groups is 1. The van der Waals surface area contributed by atoms with Crippen molar-refractivity contribution < 1.29 is 0 Å². The molecule has 8 aromatic rings. The van der Waals surface area contributed by atoms with Gasteiger partial charge in [-0.3, -0.25) is 0 Å². The molecule has 8 aromatic carbocycles. The van der Waals surface area contributed by atoms with Crippen molar-refractivity contribution in [2.75, 3.05) is 16.8 Å². The number of aliphatic imine (C=N–C) groups is 1. The lowest BCUT2D eigenvalue weighted by molar-refractivity contribution is 0.779. The van der Waals surface area contributed by atoms with Gasteiger partial charge in [-0.25, -0.2) is 4.99 Å². The molecule has 0 radical (unpaired) electrons. The Kier molecular flexibility index (Phi) is 8.63. The molecule has 5 heteroatoms. The molecule has 0 fully saturated rings. The summed E-state index contributed by atoms with van der Waals surface area (Å²) in [5.74, 6) is 0.877. The number of nitrogens with zero attached hydrogens (tertiary/aromatic N) is 2. The van der Waals surface area contributed by atoms with Crippen LogP contribution in [0.2, 0.25) is 0 Å². The number of dihydropyridines is 1. The van der Waals surface area contributed by atoms with Gasteiger partial charge in [0.05, 0.1) is 23.1 Å². The predicted octanol–water partition coefficient (Wildman–Crippen LogP) is 12.7. The molecule has 5 nitrogen and oxygen atoms in total. The summed E-state index contributed by atoms with van der Waals surface area (Å²) in [6, 6.07) is 65.5. The van der Waals surface area contributed by atoms with Crippen molar-refractivity contribution in [1.82, 2.24) is 10.6 Å². The SMILES string of the molecule is C1=CC(C2=NC(c3ccc(-c4cccc(N5c6c(c7ccccc7c7ccccc67)NC5c5ccccc5)c4)cc3)=CC(c3ccc(-c4ccccc4)cc3)N2)=CCN1. The van der Waals surface area contributed by atoms with E-state index in [-0.39, 0.29) is 12.2 Å². The summed E-state index contributed by atoms with van der Waals surface area (Å²) >= 11 is 0. The topological polar surface area (TPSA) is 51.7 Å². The normalized spacial score (nSPS) is 17.0. The van der Waals surface area contributed by atoms with Gasteiger partial charge in [0.2, 0.25) is 0 Å². The lowest BCUT2D eigenvalue weighted by Crippen LogP contribution is -2.32. The number of hydrogen-bond acceptors (Lipinski definition) is 5. The van der Waals surface area contributed by atoms with Crippen molar-refractivity contribution in [2.24, 2.45) is 4.99 Å². The van der Waals surface area contributed by atoms with Gasteiger partial charge in [0.15, 0.2) is 0 Å². The van der Waals surface area contributed by atoms with Crippen LogP contribution in [0.1, 0.15) is 28.9 Å². The van der Waals surface area contributed by atoms with Crippen molar-refractivity contribution in [3.05, 3.63) is 229 Å². The summed E-state index contributed by atoms with van der Waals surface area (Å²) in [6.07, 6.45) is 8.43. The summed E-state index contributed by atoms with van der Waals surface area (Å²) in [6.45, 7) is 0.772. The summed E-state index contributed by atoms with van der Waals surface area (Å²) in [5, 5.41) is 16.0. The lowest BCUT2D eigenvalue weighted by atomic mass is 9.96. The number of fused-ring (bicyclic) bond motifs is 6. The van der Waals surface area contributed by atoms with E-state index in [9.17, 15) is 0 Å². The molecule has 2 atom stereocenters. The Labute approximate surface area is 344 Å². The monoisotopic (exact) mass is 759 g/mol. The van der Waals surface area contributed by atoms with E-state index in [0.717, 1.165) is 46.0 Å². The van der Waals surface area contributed by atoms with Crippen molar-refractivity contribution >= 4 is 50.1 Å². The second kappa shape index (κ2) is 14.7. The van der Waals surface area contributed by atoms with Crippen LogP contribution in [0, 0.1) is 0 Å². The van der Waals surface area contributed by atoms with Crippen LogP contribution in [0.15, 0.2) is 217 Å². The van der Waals surface area contributed by atoms with Crippen LogP contribution in [0.5, 0.6) is 0 Å². The fourth-order valence-electron chi connectivity index (χ4n) is 8.83. The quantitative estimate of drug-likeness (QED) is 0.142. The van der Waals surface area contributed by atoms with E-state index in [1.807, 2.05) is 6.20 Å². The zero-order chi connectivity index (χ0) is 39.1. The highest BCUT2D eigenvalue weighted by Crippen LogP contribution is 2.53. The maximum atomic E-state index is 5.20. The highest BCUT2D eigenvalue weighted by Gasteiger charge is 2.34. The number of rotatable bonds is 7. The number of hydrogen-bond donors (Lipinski definition) is 3. The van der Waals surface area contributed by atoms with Crippen LogP contribution >= 0.6 is 0 Å². The first-order valence-electron chi connectivity index (χ1n) is 20.3. The van der Waals surface area contributed by atoms with Gasteiger partial charge in [0.1, 0.15) is 12.0 Å². The molecular formula is C54H41N5. The van der Waals surface area contributed by atoms with Crippen molar-refractivity contribution in [3.63, 3.8) is 0 Å². The predicted molar refractivity (Wildman–Crippen MR) is 247 cm³/mol. The molecule has 0 aliphatic carbocycles. The Balaban J connectivity index is 0.958. The molecule has 3 N–H and O–H groups in total. The molecule has 3 aliphatic rings. The molecule has 0 aromatic heterocycles. The van der Waals surface area contributed by atoms with Gasteiger partial charge in [-0.15, -0.1) is 0 Å². The van der Waals surface area contributed by atoms with Gasteiger partial charge in [0, 0.05) is 28.6 Å². The molecule has 59 heavy (non-hydrogen) atoms. The molecule has 0 amide bonds. The molecule has 0 spiro atoms. The molecule has 11 rings (SSSR count). The average Bonchev–Trinajstić information content (AvgIpc) is 3.74. The van der Waals surface area contributed by atoms with E-state index in [1.54, 1.807) is 0 Å². The van der Waals surface area contributed by atoms with Crippen LogP contribution in [-0.4, -0.2) is 12.4 Å². The van der Waals surface area contributed by atoms with Crippen molar-refractivity contribution in [1.29, 1.82) is 0 Å². The Hall–Kier alpha value is -7.63. The summed E-state index contributed by atoms with van der Waals surface area (Å²) in [4.78, 5) is 7.69. The minimum absolute atomic E-state index is 0.0365. The third kappa shape index (κ3) is 6.34. The van der Waals surface area contributed by atoms with Crippen LogP contribution in [0.4, 0.5) is 17.1 Å². The Morgan fingerprint density at radius 2 is 1.12 bits per heavy atom. The van der Waals surface area contributed by atoms with Crippen molar-refractivity contribution in [2.45, 2.75) is 12.2 Å². The second-order valence-corrected chi connectivity index (χ2v) is 15.3. The largest absolute Gasteiger partial charge is 0.387 e. The van der Waals surface area contributed by atoms with Gasteiger partial charge < -0.3 is 20.9 Å². The van der Waals surface area contributed by atoms with Crippen LogP contribution in [0.25, 0.3) is 49.5 Å². The fourth-order valence-corrected chi connectivity index (χ4v) is 8.83. The van der Waals surface area contributed by atoms with Gasteiger partial charge in [-0.1, -0.05) is 176 Å². The van der Waals surface area contributed by atoms with Gasteiger partial charge in [0.25, 0.3) is 0 Å². The summed E-state index contributed by atoms with van der Waals surface area (Å²) in [5.41, 5.74) is 13.7. The lowest BCUT2D eigenvalue weighted by Gasteiger charge is -2.28. The molecule has 0 bridgehead atoms. The zero-order valence-electron chi connectivity index (χ0n) is 32.4. The first-order valence-corrected chi connectivity index (χ1v) is 20.3. The van der Waals surface area contributed by atoms with E-state index in [0.29, 0.717) is 0 Å². The van der Waals surface area contributed by atoms with Gasteiger partial charge in [-0.2, -0.15) is 0 Å². The summed E-state index contributed by atoms with van der Waals surface area (Å²) in [7, 11) is 0. The van der Waals surface area contributed by atoms with E-state index >= 15 is 0 Å². The van der Waals surface area contributed by atoms with Gasteiger partial charge in [-0.05, 0) is 80.2 Å². The standard InChI is InChI=1S/C54H41N5/c1-3-12-36(13-4-1)37-22-26-39(27-23-37)49-35-50(57-53(56-49)41-30-32-55-33-31-41)40-28-24-38(25-29-40)43-16-11-17-44(34-43)59-52-48-21-10-8-19-46(48)45-18-7-9-20-47(45)51(52)58-54(59)42-14-5-2-6-15-42/h1-32,34-35,49,54-55,58H,33H2,(H,56,57). The number of benzene rings is 8. The maximum absolute atomic E-state index is 5.20. The zero-order valence-corrected chi connectivity index (χ0v) is 32.4. The molecule has 3 aliphatic heterocycles.